The number of hydrogen-bond acceptors (Lipinski definition) is 4. The zero-order valence-corrected chi connectivity index (χ0v) is 11.9. The Balaban J connectivity index is 1.97. The Morgan fingerprint density at radius 2 is 2.33 bits per heavy atom. The Hall–Kier alpha value is -0.610. The van der Waals surface area contributed by atoms with Crippen LogP contribution >= 0.6 is 11.8 Å². The standard InChI is InChI=1S/C14H21N3S/c1-2-4-11-10-9-15-7-6-12(10)17-14(16-11)13-5-3-8-18-13/h13,15H,2-9H2,1H3. The first kappa shape index (κ1) is 12.4. The van der Waals surface area contributed by atoms with E-state index in [0.717, 1.165) is 31.8 Å². The van der Waals surface area contributed by atoms with Gasteiger partial charge < -0.3 is 5.32 Å². The average molecular weight is 263 g/mol. The average Bonchev–Trinajstić information content (AvgIpc) is 2.93. The van der Waals surface area contributed by atoms with Gasteiger partial charge in [-0.05, 0) is 25.0 Å². The summed E-state index contributed by atoms with van der Waals surface area (Å²) in [4.78, 5) is 9.75. The summed E-state index contributed by atoms with van der Waals surface area (Å²) in [6.45, 7) is 4.25. The fourth-order valence-electron chi connectivity index (χ4n) is 2.80. The number of fused-ring (bicyclic) bond motifs is 1. The molecule has 1 fully saturated rings. The lowest BCUT2D eigenvalue weighted by Gasteiger charge is -2.21. The first-order valence-electron chi connectivity index (χ1n) is 7.09. The molecule has 1 atom stereocenters. The van der Waals surface area contributed by atoms with Gasteiger partial charge in [0.25, 0.3) is 0 Å². The van der Waals surface area contributed by atoms with Crippen molar-refractivity contribution in [3.8, 4) is 0 Å². The van der Waals surface area contributed by atoms with E-state index >= 15 is 0 Å². The highest BCUT2D eigenvalue weighted by molar-refractivity contribution is 7.99. The van der Waals surface area contributed by atoms with Crippen molar-refractivity contribution in [2.24, 2.45) is 0 Å². The highest BCUT2D eigenvalue weighted by atomic mass is 32.2. The number of nitrogens with zero attached hydrogens (tertiary/aromatic N) is 2. The fourth-order valence-corrected chi connectivity index (χ4v) is 4.01. The first-order valence-corrected chi connectivity index (χ1v) is 8.14. The second-order valence-corrected chi connectivity index (χ2v) is 6.44. The molecule has 0 aromatic carbocycles. The highest BCUT2D eigenvalue weighted by Crippen LogP contribution is 2.38. The summed E-state index contributed by atoms with van der Waals surface area (Å²) in [5.41, 5.74) is 4.00. The maximum absolute atomic E-state index is 4.89. The summed E-state index contributed by atoms with van der Waals surface area (Å²) in [5.74, 6) is 2.39. The van der Waals surface area contributed by atoms with Crippen molar-refractivity contribution in [1.29, 1.82) is 0 Å². The molecule has 1 aromatic heterocycles. The summed E-state index contributed by atoms with van der Waals surface area (Å²) >= 11 is 2.03. The molecule has 1 N–H and O–H groups in total. The smallest absolute Gasteiger partial charge is 0.141 e. The number of thioether (sulfide) groups is 1. The van der Waals surface area contributed by atoms with Gasteiger partial charge in [-0.25, -0.2) is 9.97 Å². The van der Waals surface area contributed by atoms with E-state index < -0.39 is 0 Å². The van der Waals surface area contributed by atoms with E-state index in [4.69, 9.17) is 9.97 Å². The van der Waals surface area contributed by atoms with Crippen LogP contribution in [0, 0.1) is 0 Å². The van der Waals surface area contributed by atoms with Gasteiger partial charge in [-0.1, -0.05) is 13.3 Å². The van der Waals surface area contributed by atoms with E-state index in [-0.39, 0.29) is 0 Å². The second kappa shape index (κ2) is 5.57. The predicted octanol–water partition coefficient (Wildman–Crippen LogP) is 2.64. The number of rotatable bonds is 3. The number of aryl methyl sites for hydroxylation is 1. The molecule has 0 bridgehead atoms. The van der Waals surface area contributed by atoms with Gasteiger partial charge in [-0.15, -0.1) is 0 Å². The van der Waals surface area contributed by atoms with Crippen LogP contribution in [0.1, 0.15) is 54.2 Å². The molecule has 0 saturated carbocycles. The van der Waals surface area contributed by atoms with Gasteiger partial charge in [-0.2, -0.15) is 11.8 Å². The van der Waals surface area contributed by atoms with Crippen molar-refractivity contribution in [3.05, 3.63) is 22.8 Å². The molecule has 0 spiro atoms. The first-order chi connectivity index (χ1) is 8.88. The molecule has 3 nitrogen and oxygen atoms in total. The lowest BCUT2D eigenvalue weighted by molar-refractivity contribution is 0.603. The van der Waals surface area contributed by atoms with Crippen LogP contribution in [0.5, 0.6) is 0 Å². The van der Waals surface area contributed by atoms with Crippen LogP contribution < -0.4 is 5.32 Å². The van der Waals surface area contributed by atoms with Gasteiger partial charge in [0.2, 0.25) is 0 Å². The minimum atomic E-state index is 0.556. The van der Waals surface area contributed by atoms with Crippen LogP contribution in [0.2, 0.25) is 0 Å². The topological polar surface area (TPSA) is 37.8 Å². The summed E-state index contributed by atoms with van der Waals surface area (Å²) in [7, 11) is 0. The Morgan fingerprint density at radius 3 is 3.11 bits per heavy atom. The largest absolute Gasteiger partial charge is 0.312 e. The molecule has 1 aromatic rings. The minimum absolute atomic E-state index is 0.556. The fraction of sp³-hybridized carbons (Fsp3) is 0.714. The van der Waals surface area contributed by atoms with Gasteiger partial charge in [-0.3, -0.25) is 0 Å². The lowest BCUT2D eigenvalue weighted by atomic mass is 10.0. The van der Waals surface area contributed by atoms with Gasteiger partial charge in [0.15, 0.2) is 0 Å². The molecular formula is C14H21N3S. The molecule has 1 unspecified atom stereocenters. The summed E-state index contributed by atoms with van der Waals surface area (Å²) < 4.78 is 0. The normalized spacial score (nSPS) is 23.1. The SMILES string of the molecule is CCCc1nc(C2CCCS2)nc2c1CNCC2. The molecule has 0 aliphatic carbocycles. The quantitative estimate of drug-likeness (QED) is 0.910. The second-order valence-electron chi connectivity index (χ2n) is 5.13. The third kappa shape index (κ3) is 2.41. The summed E-state index contributed by atoms with van der Waals surface area (Å²) in [6.07, 6.45) is 5.91. The molecule has 2 aliphatic rings. The van der Waals surface area contributed by atoms with E-state index in [0.29, 0.717) is 5.25 Å². The monoisotopic (exact) mass is 263 g/mol. The molecule has 0 radical (unpaired) electrons. The Morgan fingerprint density at radius 1 is 1.39 bits per heavy atom. The van der Waals surface area contributed by atoms with Crippen LogP contribution in [-0.2, 0) is 19.4 Å². The van der Waals surface area contributed by atoms with E-state index in [1.165, 1.54) is 42.0 Å². The maximum atomic E-state index is 4.89. The van der Waals surface area contributed by atoms with E-state index in [9.17, 15) is 0 Å². The molecule has 4 heteroatoms. The maximum Gasteiger partial charge on any atom is 0.141 e. The van der Waals surface area contributed by atoms with Gasteiger partial charge in [0.1, 0.15) is 5.82 Å². The molecule has 3 rings (SSSR count). The van der Waals surface area contributed by atoms with Gasteiger partial charge in [0, 0.05) is 30.8 Å². The van der Waals surface area contributed by atoms with Crippen LogP contribution in [0.3, 0.4) is 0 Å². The lowest BCUT2D eigenvalue weighted by Crippen LogP contribution is -2.27. The van der Waals surface area contributed by atoms with Crippen LogP contribution in [0.4, 0.5) is 0 Å². The van der Waals surface area contributed by atoms with Crippen molar-refractivity contribution in [2.75, 3.05) is 12.3 Å². The highest BCUT2D eigenvalue weighted by Gasteiger charge is 2.24. The van der Waals surface area contributed by atoms with Gasteiger partial charge in [0.05, 0.1) is 10.9 Å². The molecule has 1 saturated heterocycles. The summed E-state index contributed by atoms with van der Waals surface area (Å²) in [5, 5.41) is 4.00. The molecule has 18 heavy (non-hydrogen) atoms. The minimum Gasteiger partial charge on any atom is -0.312 e. The van der Waals surface area contributed by atoms with Crippen molar-refractivity contribution in [2.45, 2.75) is 50.8 Å². The van der Waals surface area contributed by atoms with Crippen molar-refractivity contribution >= 4 is 11.8 Å². The Bertz CT molecular complexity index is 427. The third-order valence-corrected chi connectivity index (χ3v) is 5.11. The molecule has 0 amide bonds. The third-order valence-electron chi connectivity index (χ3n) is 3.74. The number of nitrogens with one attached hydrogen (secondary N) is 1. The van der Waals surface area contributed by atoms with Crippen molar-refractivity contribution < 1.29 is 0 Å². The van der Waals surface area contributed by atoms with Crippen molar-refractivity contribution in [3.63, 3.8) is 0 Å². The number of aromatic nitrogens is 2. The Kier molecular flexibility index (Phi) is 3.85. The van der Waals surface area contributed by atoms with E-state index in [1.807, 2.05) is 11.8 Å². The predicted molar refractivity (Wildman–Crippen MR) is 75.9 cm³/mol. The Labute approximate surface area is 113 Å². The van der Waals surface area contributed by atoms with Crippen LogP contribution in [0.25, 0.3) is 0 Å². The molecule has 98 valence electrons. The molecule has 3 heterocycles. The number of hydrogen-bond donors (Lipinski definition) is 1. The zero-order chi connectivity index (χ0) is 12.4. The molecule has 2 aliphatic heterocycles. The van der Waals surface area contributed by atoms with Crippen LogP contribution in [0.15, 0.2) is 0 Å². The van der Waals surface area contributed by atoms with E-state index in [1.54, 1.807) is 0 Å². The molecular weight excluding hydrogens is 242 g/mol. The van der Waals surface area contributed by atoms with Crippen molar-refractivity contribution in [1.82, 2.24) is 15.3 Å². The van der Waals surface area contributed by atoms with Gasteiger partial charge >= 0.3 is 0 Å². The summed E-state index contributed by atoms with van der Waals surface area (Å²) in [6, 6.07) is 0. The van der Waals surface area contributed by atoms with E-state index in [2.05, 4.69) is 12.2 Å². The van der Waals surface area contributed by atoms with Crippen LogP contribution in [-0.4, -0.2) is 22.3 Å². The zero-order valence-electron chi connectivity index (χ0n) is 11.0.